The molecule has 1 unspecified atom stereocenters. The SMILES string of the molecule is NCC(C(=O)O)S(=O)(=O)c1ccc(F)c(F)c1. The number of halogens is 2. The molecule has 0 fully saturated rings. The van der Waals surface area contributed by atoms with Crippen molar-refractivity contribution in [3.05, 3.63) is 29.8 Å². The van der Waals surface area contributed by atoms with Crippen LogP contribution in [0.4, 0.5) is 8.78 Å². The van der Waals surface area contributed by atoms with Crippen molar-refractivity contribution in [2.24, 2.45) is 5.73 Å². The minimum Gasteiger partial charge on any atom is -0.480 e. The molecular formula is C9H9F2NO4S. The van der Waals surface area contributed by atoms with Gasteiger partial charge in [-0.05, 0) is 18.2 Å². The zero-order chi connectivity index (χ0) is 13.2. The normalized spacial score (nSPS) is 13.4. The summed E-state index contributed by atoms with van der Waals surface area (Å²) in [5.74, 6) is -4.23. The molecule has 0 spiro atoms. The Bertz CT molecular complexity index is 544. The zero-order valence-corrected chi connectivity index (χ0v) is 9.25. The molecule has 0 saturated carbocycles. The third-order valence-corrected chi connectivity index (χ3v) is 4.14. The van der Waals surface area contributed by atoms with Crippen LogP contribution in [-0.4, -0.2) is 31.3 Å². The molecule has 1 aromatic carbocycles. The molecule has 0 aliphatic heterocycles. The average molecular weight is 265 g/mol. The van der Waals surface area contributed by atoms with E-state index in [0.717, 1.165) is 6.07 Å². The van der Waals surface area contributed by atoms with Gasteiger partial charge in [-0.15, -0.1) is 0 Å². The van der Waals surface area contributed by atoms with Crippen LogP contribution in [0, 0.1) is 11.6 Å². The number of carbonyl (C=O) groups is 1. The van der Waals surface area contributed by atoms with Crippen molar-refractivity contribution in [3.8, 4) is 0 Å². The lowest BCUT2D eigenvalue weighted by molar-refractivity contribution is -0.136. The molecule has 1 rings (SSSR count). The smallest absolute Gasteiger partial charge is 0.323 e. The lowest BCUT2D eigenvalue weighted by atomic mass is 10.3. The number of rotatable bonds is 4. The van der Waals surface area contributed by atoms with E-state index < -0.39 is 44.1 Å². The maximum Gasteiger partial charge on any atom is 0.323 e. The highest BCUT2D eigenvalue weighted by atomic mass is 32.2. The van der Waals surface area contributed by atoms with Crippen LogP contribution in [0.2, 0.25) is 0 Å². The second kappa shape index (κ2) is 4.76. The van der Waals surface area contributed by atoms with Gasteiger partial charge in [0.2, 0.25) is 0 Å². The summed E-state index contributed by atoms with van der Waals surface area (Å²) in [6, 6.07) is 1.83. The summed E-state index contributed by atoms with van der Waals surface area (Å²) in [6.07, 6.45) is 0. The minimum atomic E-state index is -4.32. The first kappa shape index (κ1) is 13.5. The van der Waals surface area contributed by atoms with E-state index in [1.54, 1.807) is 0 Å². The van der Waals surface area contributed by atoms with Crippen molar-refractivity contribution in [1.82, 2.24) is 0 Å². The minimum absolute atomic E-state index is 0.427. The molecule has 0 amide bonds. The van der Waals surface area contributed by atoms with Crippen molar-refractivity contribution in [3.63, 3.8) is 0 Å². The molecule has 0 saturated heterocycles. The van der Waals surface area contributed by atoms with Crippen LogP contribution >= 0.6 is 0 Å². The molecule has 1 aromatic rings. The summed E-state index contributed by atoms with van der Waals surface area (Å²) < 4.78 is 48.9. The molecule has 0 bridgehead atoms. The maximum atomic E-state index is 12.9. The number of carboxylic acids is 1. The molecule has 17 heavy (non-hydrogen) atoms. The fraction of sp³-hybridized carbons (Fsp3) is 0.222. The van der Waals surface area contributed by atoms with Gasteiger partial charge in [0.15, 0.2) is 26.7 Å². The molecule has 1 atom stereocenters. The molecule has 0 heterocycles. The summed E-state index contributed by atoms with van der Waals surface area (Å²) >= 11 is 0. The third-order valence-electron chi connectivity index (χ3n) is 2.08. The number of sulfone groups is 1. The standard InChI is InChI=1S/C9H9F2NO4S/c10-6-2-1-5(3-7(6)11)17(15,16)8(4-12)9(13)14/h1-3,8H,4,12H2,(H,13,14). The third kappa shape index (κ3) is 2.59. The van der Waals surface area contributed by atoms with E-state index in [-0.39, 0.29) is 0 Å². The highest BCUT2D eigenvalue weighted by Gasteiger charge is 2.33. The Morgan fingerprint density at radius 2 is 1.94 bits per heavy atom. The predicted octanol–water partition coefficient (Wildman–Crippen LogP) is 0.150. The monoisotopic (exact) mass is 265 g/mol. The molecule has 94 valence electrons. The van der Waals surface area contributed by atoms with Crippen molar-refractivity contribution in [2.75, 3.05) is 6.54 Å². The Morgan fingerprint density at radius 3 is 2.35 bits per heavy atom. The van der Waals surface area contributed by atoms with Crippen LogP contribution in [-0.2, 0) is 14.6 Å². The van der Waals surface area contributed by atoms with Crippen LogP contribution < -0.4 is 5.73 Å². The molecule has 0 aliphatic carbocycles. The molecule has 0 aromatic heterocycles. The van der Waals surface area contributed by atoms with Gasteiger partial charge in [0.1, 0.15) is 0 Å². The van der Waals surface area contributed by atoms with Crippen LogP contribution in [0.1, 0.15) is 0 Å². The molecule has 0 radical (unpaired) electrons. The quantitative estimate of drug-likeness (QED) is 0.755. The van der Waals surface area contributed by atoms with Gasteiger partial charge in [0.05, 0.1) is 4.90 Å². The zero-order valence-electron chi connectivity index (χ0n) is 8.43. The second-order valence-corrected chi connectivity index (χ2v) is 5.31. The van der Waals surface area contributed by atoms with E-state index in [1.165, 1.54) is 0 Å². The van der Waals surface area contributed by atoms with Gasteiger partial charge in [0.25, 0.3) is 0 Å². The summed E-state index contributed by atoms with van der Waals surface area (Å²) in [6.45, 7) is -0.656. The highest BCUT2D eigenvalue weighted by molar-refractivity contribution is 7.92. The van der Waals surface area contributed by atoms with Gasteiger partial charge >= 0.3 is 5.97 Å². The van der Waals surface area contributed by atoms with Gasteiger partial charge in [-0.2, -0.15) is 0 Å². The second-order valence-electron chi connectivity index (χ2n) is 3.18. The van der Waals surface area contributed by atoms with E-state index in [4.69, 9.17) is 10.8 Å². The molecule has 0 aliphatic rings. The molecule has 3 N–H and O–H groups in total. The van der Waals surface area contributed by atoms with E-state index in [9.17, 15) is 22.0 Å². The largest absolute Gasteiger partial charge is 0.480 e. The Hall–Kier alpha value is -1.54. The summed E-state index contributed by atoms with van der Waals surface area (Å²) in [4.78, 5) is 10.1. The Balaban J connectivity index is 3.30. The van der Waals surface area contributed by atoms with Crippen molar-refractivity contribution in [2.45, 2.75) is 10.1 Å². The fourth-order valence-electron chi connectivity index (χ4n) is 1.18. The summed E-state index contributed by atoms with van der Waals surface area (Å²) in [7, 11) is -4.32. The van der Waals surface area contributed by atoms with E-state index >= 15 is 0 Å². The van der Waals surface area contributed by atoms with Gasteiger partial charge < -0.3 is 10.8 Å². The van der Waals surface area contributed by atoms with Crippen molar-refractivity contribution in [1.29, 1.82) is 0 Å². The number of aliphatic carboxylic acids is 1. The fourth-order valence-corrected chi connectivity index (χ4v) is 2.55. The molecule has 5 nitrogen and oxygen atoms in total. The Labute approximate surface area is 95.8 Å². The first-order chi connectivity index (χ1) is 7.80. The van der Waals surface area contributed by atoms with Crippen LogP contribution in [0.25, 0.3) is 0 Å². The van der Waals surface area contributed by atoms with E-state index in [2.05, 4.69) is 0 Å². The first-order valence-electron chi connectivity index (χ1n) is 4.42. The van der Waals surface area contributed by atoms with Crippen LogP contribution in [0.5, 0.6) is 0 Å². The van der Waals surface area contributed by atoms with Gasteiger partial charge in [-0.25, -0.2) is 17.2 Å². The van der Waals surface area contributed by atoms with Crippen molar-refractivity contribution >= 4 is 15.8 Å². The number of hydrogen-bond acceptors (Lipinski definition) is 4. The molecule has 8 heteroatoms. The Kier molecular flexibility index (Phi) is 3.79. The number of hydrogen-bond donors (Lipinski definition) is 2. The summed E-state index contributed by atoms with van der Waals surface area (Å²) in [5.41, 5.74) is 5.04. The van der Waals surface area contributed by atoms with Crippen molar-refractivity contribution < 1.29 is 27.1 Å². The number of carboxylic acid groups (broad SMARTS) is 1. The van der Waals surface area contributed by atoms with Crippen LogP contribution in [0.15, 0.2) is 23.1 Å². The maximum absolute atomic E-state index is 12.9. The average Bonchev–Trinajstić information content (AvgIpc) is 2.21. The van der Waals surface area contributed by atoms with E-state index in [0.29, 0.717) is 12.1 Å². The van der Waals surface area contributed by atoms with Gasteiger partial charge in [-0.1, -0.05) is 0 Å². The van der Waals surface area contributed by atoms with Gasteiger partial charge in [-0.3, -0.25) is 4.79 Å². The summed E-state index contributed by atoms with van der Waals surface area (Å²) in [5, 5.41) is 6.79. The number of benzene rings is 1. The molecular weight excluding hydrogens is 256 g/mol. The van der Waals surface area contributed by atoms with E-state index in [1.807, 2.05) is 0 Å². The predicted molar refractivity (Wildman–Crippen MR) is 54.0 cm³/mol. The lowest BCUT2D eigenvalue weighted by Gasteiger charge is -2.11. The highest BCUT2D eigenvalue weighted by Crippen LogP contribution is 2.18. The van der Waals surface area contributed by atoms with Crippen LogP contribution in [0.3, 0.4) is 0 Å². The Morgan fingerprint density at radius 1 is 1.35 bits per heavy atom. The van der Waals surface area contributed by atoms with Gasteiger partial charge in [0, 0.05) is 6.54 Å². The number of nitrogens with two attached hydrogens (primary N) is 1. The lowest BCUT2D eigenvalue weighted by Crippen LogP contribution is -2.37. The topological polar surface area (TPSA) is 97.5 Å². The first-order valence-corrected chi connectivity index (χ1v) is 5.97.